The van der Waals surface area contributed by atoms with Crippen LogP contribution in [0.2, 0.25) is 0 Å². The minimum atomic E-state index is -0.466. The molecule has 0 radical (unpaired) electrons. The van der Waals surface area contributed by atoms with Crippen LogP contribution < -0.4 is 5.32 Å². The molecule has 1 atom stereocenters. The van der Waals surface area contributed by atoms with Crippen LogP contribution in [0.4, 0.5) is 4.39 Å². The van der Waals surface area contributed by atoms with Gasteiger partial charge in [-0.3, -0.25) is 14.9 Å². The van der Waals surface area contributed by atoms with E-state index in [0.29, 0.717) is 28.9 Å². The van der Waals surface area contributed by atoms with E-state index < -0.39 is 6.04 Å². The molecular formula is C24H21FN4O2. The van der Waals surface area contributed by atoms with Crippen LogP contribution in [0.5, 0.6) is 0 Å². The van der Waals surface area contributed by atoms with Gasteiger partial charge in [0.2, 0.25) is 0 Å². The fraction of sp³-hybridized carbons (Fsp3) is 0.125. The fourth-order valence-electron chi connectivity index (χ4n) is 3.34. The van der Waals surface area contributed by atoms with Crippen molar-refractivity contribution in [2.45, 2.75) is 12.5 Å². The molecule has 156 valence electrons. The predicted octanol–water partition coefficient (Wildman–Crippen LogP) is 3.61. The number of amides is 1. The number of nitrogens with zero attached hydrogens (tertiary/aromatic N) is 2. The molecular weight excluding hydrogens is 395 g/mol. The van der Waals surface area contributed by atoms with E-state index in [9.17, 15) is 14.3 Å². The average Bonchev–Trinajstić information content (AvgIpc) is 3.30. The van der Waals surface area contributed by atoms with Crippen LogP contribution in [0.25, 0.3) is 22.5 Å². The Morgan fingerprint density at radius 2 is 1.84 bits per heavy atom. The number of carbonyl (C=O) groups excluding carboxylic acids is 1. The van der Waals surface area contributed by atoms with Crippen molar-refractivity contribution in [1.29, 1.82) is 0 Å². The van der Waals surface area contributed by atoms with E-state index in [4.69, 9.17) is 0 Å². The summed E-state index contributed by atoms with van der Waals surface area (Å²) in [6.07, 6.45) is 2.10. The maximum absolute atomic E-state index is 13.2. The molecule has 0 saturated carbocycles. The molecule has 0 fully saturated rings. The second-order valence-electron chi connectivity index (χ2n) is 7.10. The first-order valence-corrected chi connectivity index (χ1v) is 9.86. The average molecular weight is 416 g/mol. The molecule has 0 spiro atoms. The van der Waals surface area contributed by atoms with Crippen LogP contribution in [0.15, 0.2) is 79.0 Å². The Hall–Kier alpha value is -3.84. The summed E-state index contributed by atoms with van der Waals surface area (Å²) < 4.78 is 13.2. The number of carbonyl (C=O) groups is 1. The zero-order valence-corrected chi connectivity index (χ0v) is 16.6. The number of aliphatic hydroxyl groups is 1. The highest BCUT2D eigenvalue weighted by Crippen LogP contribution is 2.26. The maximum atomic E-state index is 13.2. The fourth-order valence-corrected chi connectivity index (χ4v) is 3.34. The lowest BCUT2D eigenvalue weighted by Gasteiger charge is -2.17. The van der Waals surface area contributed by atoms with Crippen molar-refractivity contribution < 1.29 is 14.3 Å². The van der Waals surface area contributed by atoms with Gasteiger partial charge in [0.05, 0.1) is 24.0 Å². The lowest BCUT2D eigenvalue weighted by atomic mass is 10.0. The standard InChI is InChI=1S/C24H21FN4O2/c25-17-10-8-16(9-11-17)22-14-23(29-28-22)20-6-1-2-7-21(20)24(31)27-19(15-30)13-18-5-3-4-12-26-18/h1-12,14,19,30H,13,15H2,(H,27,31)(H,28,29)/t19-/m1/s1. The monoisotopic (exact) mass is 416 g/mol. The summed E-state index contributed by atoms with van der Waals surface area (Å²) in [6.45, 7) is -0.205. The highest BCUT2D eigenvalue weighted by atomic mass is 19.1. The molecule has 0 bridgehead atoms. The lowest BCUT2D eigenvalue weighted by molar-refractivity contribution is 0.0917. The van der Waals surface area contributed by atoms with Crippen molar-refractivity contribution in [1.82, 2.24) is 20.5 Å². The van der Waals surface area contributed by atoms with Gasteiger partial charge in [-0.2, -0.15) is 5.10 Å². The van der Waals surface area contributed by atoms with Gasteiger partial charge in [-0.05, 0) is 48.5 Å². The van der Waals surface area contributed by atoms with E-state index in [-0.39, 0.29) is 18.3 Å². The molecule has 0 saturated heterocycles. The van der Waals surface area contributed by atoms with Crippen LogP contribution in [0.3, 0.4) is 0 Å². The summed E-state index contributed by atoms with van der Waals surface area (Å²) in [6, 6.07) is 20.1. The number of benzene rings is 2. The number of rotatable bonds is 7. The van der Waals surface area contributed by atoms with E-state index in [0.717, 1.165) is 11.3 Å². The van der Waals surface area contributed by atoms with Crippen LogP contribution in [-0.2, 0) is 6.42 Å². The molecule has 0 aliphatic carbocycles. The largest absolute Gasteiger partial charge is 0.394 e. The maximum Gasteiger partial charge on any atom is 0.252 e. The summed E-state index contributed by atoms with van der Waals surface area (Å²) in [5.74, 6) is -0.617. The van der Waals surface area contributed by atoms with Crippen molar-refractivity contribution >= 4 is 5.91 Å². The molecule has 4 rings (SSSR count). The van der Waals surface area contributed by atoms with Crippen LogP contribution >= 0.6 is 0 Å². The van der Waals surface area contributed by atoms with Gasteiger partial charge in [0, 0.05) is 35.0 Å². The van der Waals surface area contributed by atoms with Crippen LogP contribution in [0.1, 0.15) is 16.1 Å². The van der Waals surface area contributed by atoms with Gasteiger partial charge >= 0.3 is 0 Å². The number of halogens is 1. The molecule has 2 aromatic carbocycles. The quantitative estimate of drug-likeness (QED) is 0.429. The summed E-state index contributed by atoms with van der Waals surface area (Å²) >= 11 is 0. The van der Waals surface area contributed by atoms with Crippen molar-refractivity contribution in [2.24, 2.45) is 0 Å². The number of hydrogen-bond acceptors (Lipinski definition) is 4. The number of aromatic nitrogens is 3. The van der Waals surface area contributed by atoms with Gasteiger partial charge in [-0.1, -0.05) is 24.3 Å². The van der Waals surface area contributed by atoms with Gasteiger partial charge in [0.15, 0.2) is 0 Å². The van der Waals surface area contributed by atoms with Gasteiger partial charge in [0.1, 0.15) is 5.82 Å². The Morgan fingerprint density at radius 3 is 2.58 bits per heavy atom. The third-order valence-electron chi connectivity index (χ3n) is 4.92. The number of aromatic amines is 1. The highest BCUT2D eigenvalue weighted by molar-refractivity contribution is 6.00. The first-order chi connectivity index (χ1) is 15.1. The minimum absolute atomic E-state index is 0.205. The Bertz CT molecular complexity index is 1160. The van der Waals surface area contributed by atoms with Crippen LogP contribution in [-0.4, -0.2) is 38.8 Å². The van der Waals surface area contributed by atoms with E-state index in [1.807, 2.05) is 36.4 Å². The van der Waals surface area contributed by atoms with Gasteiger partial charge in [0.25, 0.3) is 5.91 Å². The Kier molecular flexibility index (Phi) is 6.14. The molecule has 31 heavy (non-hydrogen) atoms. The third kappa shape index (κ3) is 4.84. The van der Waals surface area contributed by atoms with Crippen molar-refractivity contribution in [3.8, 4) is 22.5 Å². The normalized spacial score (nSPS) is 11.8. The van der Waals surface area contributed by atoms with Gasteiger partial charge in [-0.15, -0.1) is 0 Å². The zero-order chi connectivity index (χ0) is 21.6. The van der Waals surface area contributed by atoms with Gasteiger partial charge < -0.3 is 10.4 Å². The minimum Gasteiger partial charge on any atom is -0.394 e. The second kappa shape index (κ2) is 9.32. The summed E-state index contributed by atoms with van der Waals surface area (Å²) in [7, 11) is 0. The number of pyridine rings is 1. The predicted molar refractivity (Wildman–Crippen MR) is 116 cm³/mol. The van der Waals surface area contributed by atoms with Crippen molar-refractivity contribution in [3.05, 3.63) is 96.1 Å². The smallest absolute Gasteiger partial charge is 0.252 e. The molecule has 2 aromatic heterocycles. The third-order valence-corrected chi connectivity index (χ3v) is 4.92. The molecule has 7 heteroatoms. The zero-order valence-electron chi connectivity index (χ0n) is 16.6. The highest BCUT2D eigenvalue weighted by Gasteiger charge is 2.18. The number of aliphatic hydroxyl groups excluding tert-OH is 1. The SMILES string of the molecule is O=C(N[C@@H](CO)Cc1ccccn1)c1ccccc1-c1cc(-c2ccc(F)cc2)n[nH]1. The molecule has 4 aromatic rings. The molecule has 2 heterocycles. The molecule has 0 aliphatic heterocycles. The first kappa shape index (κ1) is 20.4. The van der Waals surface area contributed by atoms with Gasteiger partial charge in [-0.25, -0.2) is 4.39 Å². The summed E-state index contributed by atoms with van der Waals surface area (Å²) in [5.41, 5.74) is 3.99. The summed E-state index contributed by atoms with van der Waals surface area (Å²) in [5, 5.41) is 19.9. The lowest BCUT2D eigenvalue weighted by Crippen LogP contribution is -2.39. The van der Waals surface area contributed by atoms with Crippen molar-refractivity contribution in [2.75, 3.05) is 6.61 Å². The molecule has 0 aliphatic rings. The van der Waals surface area contributed by atoms with E-state index in [1.165, 1.54) is 12.1 Å². The Balaban J connectivity index is 1.55. The van der Waals surface area contributed by atoms with E-state index >= 15 is 0 Å². The molecule has 6 nitrogen and oxygen atoms in total. The molecule has 3 N–H and O–H groups in total. The Labute approximate surface area is 178 Å². The van der Waals surface area contributed by atoms with Crippen molar-refractivity contribution in [3.63, 3.8) is 0 Å². The number of hydrogen-bond donors (Lipinski definition) is 3. The summed E-state index contributed by atoms with van der Waals surface area (Å²) in [4.78, 5) is 17.2. The van der Waals surface area contributed by atoms with E-state index in [1.54, 1.807) is 30.5 Å². The first-order valence-electron chi connectivity index (χ1n) is 9.86. The van der Waals surface area contributed by atoms with Crippen LogP contribution in [0, 0.1) is 5.82 Å². The molecule has 0 unspecified atom stereocenters. The second-order valence-corrected chi connectivity index (χ2v) is 7.10. The topological polar surface area (TPSA) is 90.9 Å². The Morgan fingerprint density at radius 1 is 1.06 bits per heavy atom. The molecule has 1 amide bonds. The van der Waals surface area contributed by atoms with E-state index in [2.05, 4.69) is 20.5 Å². The number of nitrogens with one attached hydrogen (secondary N) is 2. The number of H-pyrrole nitrogens is 1.